The van der Waals surface area contributed by atoms with Gasteiger partial charge in [0.1, 0.15) is 0 Å². The van der Waals surface area contributed by atoms with Gasteiger partial charge in [-0.1, -0.05) is 0 Å². The molecule has 104 valence electrons. The van der Waals surface area contributed by atoms with Gasteiger partial charge >= 0.3 is 11.9 Å². The highest BCUT2D eigenvalue weighted by Crippen LogP contribution is 1.89. The molecule has 19 heavy (non-hydrogen) atoms. The molecule has 2 aromatic heterocycles. The number of rotatable bonds is 3. The quantitative estimate of drug-likeness (QED) is 0.771. The van der Waals surface area contributed by atoms with Gasteiger partial charge < -0.3 is 24.2 Å². The Labute approximate surface area is 108 Å². The highest BCUT2D eigenvalue weighted by atomic mass is 16.4. The molecule has 7 nitrogen and oxygen atoms in total. The molecule has 2 aromatic rings. The molecule has 0 spiro atoms. The molecule has 0 fully saturated rings. The molecular formula is C12H14O7. The predicted molar refractivity (Wildman–Crippen MR) is 63.3 cm³/mol. The molecule has 3 N–H and O–H groups in total. The van der Waals surface area contributed by atoms with Crippen molar-refractivity contribution in [1.29, 1.82) is 0 Å². The molecule has 0 saturated heterocycles. The molecule has 0 aliphatic rings. The number of aliphatic hydroxyl groups is 1. The summed E-state index contributed by atoms with van der Waals surface area (Å²) in [7, 11) is 0. The number of aliphatic hydroxyl groups excluding tert-OH is 1. The predicted octanol–water partition coefficient (Wildman–Crippen LogP) is 1.47. The molecule has 0 radical (unpaired) electrons. The first kappa shape index (κ1) is 16.5. The SMILES string of the molecule is O=C(O)CC(O)C(=O)O.c1ccoc1.c1ccoc1. The van der Waals surface area contributed by atoms with Crippen LogP contribution in [0.25, 0.3) is 0 Å². The van der Waals surface area contributed by atoms with Crippen molar-refractivity contribution in [1.82, 2.24) is 0 Å². The molecular weight excluding hydrogens is 256 g/mol. The number of hydrogen-bond donors (Lipinski definition) is 3. The first-order valence-electron chi connectivity index (χ1n) is 5.11. The Morgan fingerprint density at radius 3 is 1.37 bits per heavy atom. The minimum Gasteiger partial charge on any atom is -0.481 e. The lowest BCUT2D eigenvalue weighted by Gasteiger charge is -1.97. The van der Waals surface area contributed by atoms with E-state index in [1.54, 1.807) is 25.1 Å². The van der Waals surface area contributed by atoms with Crippen molar-refractivity contribution in [2.24, 2.45) is 0 Å². The largest absolute Gasteiger partial charge is 0.481 e. The second kappa shape index (κ2) is 10.6. The highest BCUT2D eigenvalue weighted by molar-refractivity contribution is 5.79. The van der Waals surface area contributed by atoms with Crippen molar-refractivity contribution in [2.45, 2.75) is 12.5 Å². The van der Waals surface area contributed by atoms with Crippen LogP contribution in [0.15, 0.2) is 58.2 Å². The summed E-state index contributed by atoms with van der Waals surface area (Å²) in [4.78, 5) is 19.4. The lowest BCUT2D eigenvalue weighted by Crippen LogP contribution is -2.22. The van der Waals surface area contributed by atoms with E-state index in [0.29, 0.717) is 0 Å². The Hall–Kier alpha value is -2.54. The summed E-state index contributed by atoms with van der Waals surface area (Å²) in [6.45, 7) is 0. The fourth-order valence-corrected chi connectivity index (χ4v) is 0.706. The standard InChI is InChI=1S/C4H6O5.2C4H4O/c5-2(4(8)9)1-3(6)7;2*1-2-4-5-3-1/h2,5H,1H2,(H,6,7)(H,8,9);2*1-4H. The summed E-state index contributed by atoms with van der Waals surface area (Å²) < 4.78 is 9.17. The molecule has 2 rings (SSSR count). The van der Waals surface area contributed by atoms with Gasteiger partial charge in [0.05, 0.1) is 31.5 Å². The normalized spacial score (nSPS) is 10.2. The second-order valence-corrected chi connectivity index (χ2v) is 3.04. The number of hydrogen-bond acceptors (Lipinski definition) is 5. The van der Waals surface area contributed by atoms with Crippen molar-refractivity contribution in [3.8, 4) is 0 Å². The van der Waals surface area contributed by atoms with Crippen molar-refractivity contribution >= 4 is 11.9 Å². The fraction of sp³-hybridized carbons (Fsp3) is 0.167. The van der Waals surface area contributed by atoms with Crippen LogP contribution in [0.4, 0.5) is 0 Å². The smallest absolute Gasteiger partial charge is 0.333 e. The van der Waals surface area contributed by atoms with E-state index in [9.17, 15) is 9.59 Å². The van der Waals surface area contributed by atoms with E-state index in [1.165, 1.54) is 0 Å². The maximum Gasteiger partial charge on any atom is 0.333 e. The third kappa shape index (κ3) is 11.7. The molecule has 1 unspecified atom stereocenters. The van der Waals surface area contributed by atoms with Gasteiger partial charge in [-0.25, -0.2) is 4.79 Å². The molecule has 0 amide bonds. The molecule has 0 aliphatic heterocycles. The summed E-state index contributed by atoms with van der Waals surface area (Å²) in [5.74, 6) is -2.85. The molecule has 1 atom stereocenters. The van der Waals surface area contributed by atoms with Crippen LogP contribution in [0.1, 0.15) is 6.42 Å². The van der Waals surface area contributed by atoms with Crippen LogP contribution < -0.4 is 0 Å². The molecule has 2 heterocycles. The number of furan rings is 2. The van der Waals surface area contributed by atoms with Crippen LogP contribution >= 0.6 is 0 Å². The van der Waals surface area contributed by atoms with E-state index < -0.39 is 24.5 Å². The zero-order valence-corrected chi connectivity index (χ0v) is 9.88. The van der Waals surface area contributed by atoms with Crippen LogP contribution in [-0.2, 0) is 9.59 Å². The number of carbonyl (C=O) groups is 2. The van der Waals surface area contributed by atoms with Crippen LogP contribution in [0, 0.1) is 0 Å². The summed E-state index contributed by atoms with van der Waals surface area (Å²) in [5.41, 5.74) is 0. The van der Waals surface area contributed by atoms with E-state index in [1.807, 2.05) is 24.3 Å². The molecule has 0 saturated carbocycles. The van der Waals surface area contributed by atoms with Crippen LogP contribution in [0.3, 0.4) is 0 Å². The topological polar surface area (TPSA) is 121 Å². The summed E-state index contributed by atoms with van der Waals surface area (Å²) in [6, 6.07) is 7.33. The van der Waals surface area contributed by atoms with Crippen molar-refractivity contribution < 1.29 is 33.7 Å². The van der Waals surface area contributed by atoms with Gasteiger partial charge in [0.25, 0.3) is 0 Å². The Morgan fingerprint density at radius 2 is 1.26 bits per heavy atom. The zero-order valence-electron chi connectivity index (χ0n) is 9.88. The van der Waals surface area contributed by atoms with Gasteiger partial charge in [-0.3, -0.25) is 4.79 Å². The second-order valence-electron chi connectivity index (χ2n) is 3.04. The maximum absolute atomic E-state index is 9.72. The van der Waals surface area contributed by atoms with Gasteiger partial charge in [0, 0.05) is 0 Å². The fourth-order valence-electron chi connectivity index (χ4n) is 0.706. The minimum atomic E-state index is -1.79. The summed E-state index contributed by atoms with van der Waals surface area (Å²) >= 11 is 0. The third-order valence-corrected chi connectivity index (χ3v) is 1.50. The van der Waals surface area contributed by atoms with E-state index in [0.717, 1.165) is 0 Å². The van der Waals surface area contributed by atoms with Crippen LogP contribution in [-0.4, -0.2) is 33.4 Å². The molecule has 0 aromatic carbocycles. The minimum absolute atomic E-state index is 0.755. The Balaban J connectivity index is 0.000000273. The zero-order chi connectivity index (χ0) is 14.5. The molecule has 0 bridgehead atoms. The van der Waals surface area contributed by atoms with E-state index in [4.69, 9.17) is 15.3 Å². The van der Waals surface area contributed by atoms with E-state index in [-0.39, 0.29) is 0 Å². The van der Waals surface area contributed by atoms with E-state index >= 15 is 0 Å². The van der Waals surface area contributed by atoms with Crippen LogP contribution in [0.2, 0.25) is 0 Å². The van der Waals surface area contributed by atoms with Crippen molar-refractivity contribution in [3.63, 3.8) is 0 Å². The molecule has 7 heteroatoms. The van der Waals surface area contributed by atoms with Gasteiger partial charge in [0.2, 0.25) is 0 Å². The van der Waals surface area contributed by atoms with Crippen molar-refractivity contribution in [3.05, 3.63) is 49.3 Å². The number of aliphatic carboxylic acids is 2. The number of carboxylic acids is 2. The third-order valence-electron chi connectivity index (χ3n) is 1.50. The van der Waals surface area contributed by atoms with E-state index in [2.05, 4.69) is 8.83 Å². The molecule has 0 aliphatic carbocycles. The average molecular weight is 270 g/mol. The Bertz CT molecular complexity index is 358. The average Bonchev–Trinajstić information content (AvgIpc) is 3.07. The maximum atomic E-state index is 9.72. The lowest BCUT2D eigenvalue weighted by molar-refractivity contribution is -0.152. The highest BCUT2D eigenvalue weighted by Gasteiger charge is 2.16. The first-order valence-corrected chi connectivity index (χ1v) is 5.11. The first-order chi connectivity index (χ1) is 9.04. The van der Waals surface area contributed by atoms with Crippen molar-refractivity contribution in [2.75, 3.05) is 0 Å². The van der Waals surface area contributed by atoms with Gasteiger partial charge in [-0.2, -0.15) is 0 Å². The van der Waals surface area contributed by atoms with Crippen LogP contribution in [0.5, 0.6) is 0 Å². The lowest BCUT2D eigenvalue weighted by atomic mass is 10.3. The Morgan fingerprint density at radius 1 is 0.895 bits per heavy atom. The van der Waals surface area contributed by atoms with Gasteiger partial charge in [-0.15, -0.1) is 0 Å². The monoisotopic (exact) mass is 270 g/mol. The van der Waals surface area contributed by atoms with Gasteiger partial charge in [-0.05, 0) is 24.3 Å². The Kier molecular flexibility index (Phi) is 9.19. The number of carboxylic acid groups (broad SMARTS) is 2. The summed E-state index contributed by atoms with van der Waals surface area (Å²) in [5, 5.41) is 24.1. The summed E-state index contributed by atoms with van der Waals surface area (Å²) in [6.07, 6.45) is 3.96. The van der Waals surface area contributed by atoms with Gasteiger partial charge in [0.15, 0.2) is 6.10 Å².